The van der Waals surface area contributed by atoms with E-state index in [2.05, 4.69) is 68.7 Å². The summed E-state index contributed by atoms with van der Waals surface area (Å²) in [7, 11) is 13.8. The van der Waals surface area contributed by atoms with Gasteiger partial charge in [0.05, 0.1) is 38.5 Å². The summed E-state index contributed by atoms with van der Waals surface area (Å²) in [5.74, 6) is 1.07. The number of halogens is 3. The van der Waals surface area contributed by atoms with Gasteiger partial charge >= 0.3 is 62.9 Å². The Morgan fingerprint density at radius 1 is 0.800 bits per heavy atom. The van der Waals surface area contributed by atoms with Crippen LogP contribution in [0.15, 0.2) is 78.1 Å². The van der Waals surface area contributed by atoms with Crippen molar-refractivity contribution in [3.05, 3.63) is 134 Å². The van der Waals surface area contributed by atoms with Crippen LogP contribution in [-0.2, 0) is 18.0 Å². The normalized spacial score (nSPS) is 8.49. The Hall–Kier alpha value is -6.92. The number of phenolic OH excluding ortho intramolecular Hbond substituents is 3. The van der Waals surface area contributed by atoms with Crippen molar-refractivity contribution in [3.63, 3.8) is 0 Å². The molecule has 0 saturated heterocycles. The first-order valence-electron chi connectivity index (χ1n) is 18.5. The van der Waals surface area contributed by atoms with Crippen LogP contribution in [0.25, 0.3) is 36.8 Å². The Kier molecular flexibility index (Phi) is 43.1. The Morgan fingerprint density at radius 3 is 1.49 bits per heavy atom. The maximum absolute atomic E-state index is 10.0. The standard InChI is InChI=1S/C14H8ClN3O2.C14H10N4O2.C7H6O2.C5H11NO2.C3H2N2.CH4O.CH3O.2ClH.Cu.Na/c1-17-12-11(8-3-5-9(19)6-4-8)10(7-16)13(15)18-14(12)20-2;1-17-12-11(8-3-5-9(19)6-4-8)10(7-15)13(16)18-14(12)20-2;8-5-6-1-3-7(9)4-2-6;1-5(2)3-4-8-6-7;1-5-3-2-4;2*1-2;;;;/h3-6,19H,2H3;3-6,19H,2H3,(H2,16,18);1-5,9H;5H,3-4H2,1-2H3;3H2;2H,1H3;1H3;2*1H;;/q;;;;;;-1;;;+2;+1/p-2. The number of hydrogen-bond donors (Lipinski definition) is 5. The van der Waals surface area contributed by atoms with E-state index in [1.807, 2.05) is 12.1 Å². The first kappa shape index (κ1) is 69.6. The van der Waals surface area contributed by atoms with Gasteiger partial charge < -0.3 is 50.4 Å². The van der Waals surface area contributed by atoms with E-state index in [4.69, 9.17) is 67.1 Å². The van der Waals surface area contributed by atoms with Gasteiger partial charge in [0.25, 0.3) is 17.9 Å². The molecule has 0 radical (unpaired) electrons. The van der Waals surface area contributed by atoms with E-state index in [9.17, 15) is 30.4 Å². The number of aromatic nitrogens is 2. The van der Waals surface area contributed by atoms with Crippen LogP contribution in [0, 0.1) is 64.5 Å². The predicted molar refractivity (Wildman–Crippen MR) is 255 cm³/mol. The molecule has 3 aromatic carbocycles. The van der Waals surface area contributed by atoms with Gasteiger partial charge in [-0.2, -0.15) is 22.9 Å². The number of nitrogens with zero attached hydrogens (tertiary/aromatic N) is 9. The number of aromatic hydroxyl groups is 3. The van der Waals surface area contributed by atoms with Gasteiger partial charge in [0.15, 0.2) is 5.34 Å². The fourth-order valence-electron chi connectivity index (χ4n) is 4.54. The molecule has 0 bridgehead atoms. The molecule has 6 N–H and O–H groups in total. The molecule has 0 unspecified atom stereocenters. The van der Waals surface area contributed by atoms with Gasteiger partial charge in [-0.3, -0.25) is 4.79 Å². The predicted octanol–water partition coefficient (Wildman–Crippen LogP) is 6.34. The van der Waals surface area contributed by atoms with Crippen molar-refractivity contribution in [2.24, 2.45) is 11.3 Å². The number of benzene rings is 3. The first-order chi connectivity index (χ1) is 33.2. The van der Waals surface area contributed by atoms with Crippen LogP contribution in [0.2, 0.25) is 5.15 Å². The van der Waals surface area contributed by atoms with Gasteiger partial charge in [0.1, 0.15) is 59.3 Å². The van der Waals surface area contributed by atoms with E-state index < -0.39 is 0 Å². The number of aliphatic hydroxyl groups is 1. The third kappa shape index (κ3) is 26.0. The van der Waals surface area contributed by atoms with Crippen LogP contribution < -0.4 is 49.9 Å². The molecule has 0 fully saturated rings. The fraction of sp³-hybridized carbons (Fsp3) is 0.222. The number of carbonyl (C=O) groups excluding carboxylic acids is 1. The largest absolute Gasteiger partial charge is 1.00 e. The van der Waals surface area contributed by atoms with Crippen molar-refractivity contribution >= 4 is 55.3 Å². The van der Waals surface area contributed by atoms with E-state index >= 15 is 0 Å². The molecule has 5 aromatic rings. The van der Waals surface area contributed by atoms with Crippen molar-refractivity contribution in [1.82, 2.24) is 9.97 Å². The minimum atomic E-state index is -0.0279. The summed E-state index contributed by atoms with van der Waals surface area (Å²) in [6, 6.07) is 23.9. The van der Waals surface area contributed by atoms with Gasteiger partial charge in [0, 0.05) is 23.8 Å². The van der Waals surface area contributed by atoms with Crippen LogP contribution >= 0.6 is 31.8 Å². The van der Waals surface area contributed by atoms with Gasteiger partial charge in [-0.15, -0.1) is 4.91 Å². The zero-order valence-electron chi connectivity index (χ0n) is 38.5. The maximum atomic E-state index is 10.0. The molecule has 0 amide bonds. The number of nitriles is 3. The smallest absolute Gasteiger partial charge is 1.00 e. The number of nitrogens with two attached hydrogens (primary N) is 1. The summed E-state index contributed by atoms with van der Waals surface area (Å²) in [5, 5.41) is 70.9. The first-order valence-corrected chi connectivity index (χ1v) is 21.5. The Labute approximate surface area is 447 Å². The second-order valence-corrected chi connectivity index (χ2v) is 13.9. The number of aldehydes is 1. The zero-order valence-corrected chi connectivity index (χ0v) is 43.7. The molecule has 0 aliphatic rings. The van der Waals surface area contributed by atoms with Gasteiger partial charge in [-0.05, 0) is 72.0 Å². The number of ether oxygens (including phenoxy) is 2. The fourth-order valence-corrected chi connectivity index (χ4v) is 4.75. The van der Waals surface area contributed by atoms with E-state index in [1.54, 1.807) is 42.5 Å². The number of anilines is 1. The third-order valence-electron chi connectivity index (χ3n) is 7.43. The number of pyridine rings is 2. The summed E-state index contributed by atoms with van der Waals surface area (Å²) in [6.07, 6.45) is 1.63. The number of phenols is 3. The maximum Gasteiger partial charge on any atom is 1.00 e. The Balaban J connectivity index is -0.000000403. The number of hydrogen-bond acceptors (Lipinski definition) is 17. The summed E-state index contributed by atoms with van der Waals surface area (Å²) < 4.78 is 10.1. The molecular weight excluding hydrogens is 1030 g/mol. The summed E-state index contributed by atoms with van der Waals surface area (Å²) in [5.41, 5.74) is 8.61. The average Bonchev–Trinajstić information content (AvgIpc) is 3.36. The van der Waals surface area contributed by atoms with Gasteiger partial charge in [-0.1, -0.05) is 49.7 Å². The molecule has 5 rings (SSSR count). The third-order valence-corrected chi connectivity index (χ3v) is 7.70. The molecule has 0 atom stereocenters. The van der Waals surface area contributed by atoms with Crippen LogP contribution in [0.3, 0.4) is 0 Å². The molecule has 0 aliphatic carbocycles. The van der Waals surface area contributed by atoms with Crippen LogP contribution in [0.5, 0.6) is 29.0 Å². The molecule has 20 nitrogen and oxygen atoms in total. The molecule has 25 heteroatoms. The van der Waals surface area contributed by atoms with Crippen molar-refractivity contribution in [3.8, 4) is 69.5 Å². The van der Waals surface area contributed by atoms with Gasteiger partial charge in [-0.25, -0.2) is 26.2 Å². The SMILES string of the molecule is CC(C)CCON=O.CO.C[O-].O=Cc1ccc(O)cc1.[C-]#[N+]CC#N.[C-]#[N+]c1c(OC)nc(Cl)c(C#N)c1-c1ccc(O)cc1.[C-]#[N+]c1c(OC)nc(N)c(C#N)c1-c1ccc(O)cc1.[Cl][Cu][Cl].[Na+]. The van der Waals surface area contributed by atoms with Crippen molar-refractivity contribution in [2.75, 3.05) is 47.3 Å². The molecule has 2 aromatic heterocycles. The van der Waals surface area contributed by atoms with E-state index in [-0.39, 0.29) is 98.6 Å². The summed E-state index contributed by atoms with van der Waals surface area (Å²) in [6.45, 7) is 25.1. The van der Waals surface area contributed by atoms with Gasteiger partial charge in [0.2, 0.25) is 11.8 Å². The second-order valence-electron chi connectivity index (χ2n) is 12.0. The number of methoxy groups -OCH3 is 2. The van der Waals surface area contributed by atoms with Crippen LogP contribution in [0.4, 0.5) is 17.2 Å². The van der Waals surface area contributed by atoms with E-state index in [1.165, 1.54) is 50.6 Å². The quantitative estimate of drug-likeness (QED) is 0.0157. The zero-order chi connectivity index (χ0) is 53.3. The molecule has 367 valence electrons. The molecule has 0 aliphatic heterocycles. The van der Waals surface area contributed by atoms with E-state index in [0.717, 1.165) is 40.1 Å². The van der Waals surface area contributed by atoms with Crippen molar-refractivity contribution < 1.29 is 87.3 Å². The Bertz CT molecular complexity index is 2440. The topological polar surface area (TPSA) is 314 Å². The van der Waals surface area contributed by atoms with Crippen LogP contribution in [0.1, 0.15) is 41.8 Å². The molecule has 0 spiro atoms. The average molecular weight is 1080 g/mol. The summed E-state index contributed by atoms with van der Waals surface area (Å²) in [4.78, 5) is 40.9. The number of aliphatic hydroxyl groups excluding tert-OH is 1. The minimum Gasteiger partial charge on any atom is 1.00 e. The summed E-state index contributed by atoms with van der Waals surface area (Å²) >= 11 is 6.71. The molecular formula is C45H44Cl3CuN10NaO10. The van der Waals surface area contributed by atoms with Crippen molar-refractivity contribution in [2.45, 2.75) is 20.3 Å². The van der Waals surface area contributed by atoms with E-state index in [0.29, 0.717) is 40.3 Å². The van der Waals surface area contributed by atoms with Crippen LogP contribution in [-0.4, -0.2) is 78.3 Å². The molecule has 2 heterocycles. The van der Waals surface area contributed by atoms with Crippen molar-refractivity contribution in [1.29, 1.82) is 15.8 Å². The molecule has 0 saturated carbocycles. The monoisotopic (exact) mass is 1080 g/mol. The number of carbonyl (C=O) groups is 1. The Morgan fingerprint density at radius 2 is 1.19 bits per heavy atom. The molecule has 70 heavy (non-hydrogen) atoms. The number of nitrogen functional groups attached to an aromatic ring is 1. The number of rotatable bonds is 9. The second kappa shape index (κ2) is 43.4. The minimum absolute atomic E-state index is 0.